The Balaban J connectivity index is 1.45. The van der Waals surface area contributed by atoms with Crippen LogP contribution in [-0.4, -0.2) is 87.8 Å². The Labute approximate surface area is 222 Å². The zero-order valence-corrected chi connectivity index (χ0v) is 22.0. The van der Waals surface area contributed by atoms with Crippen molar-refractivity contribution in [1.82, 2.24) is 14.9 Å². The van der Waals surface area contributed by atoms with Crippen molar-refractivity contribution in [3.63, 3.8) is 0 Å². The van der Waals surface area contributed by atoms with Gasteiger partial charge in [0.15, 0.2) is 0 Å². The first-order valence-electron chi connectivity index (χ1n) is 12.7. The quantitative estimate of drug-likeness (QED) is 0.450. The van der Waals surface area contributed by atoms with Crippen LogP contribution in [0.3, 0.4) is 0 Å². The molecular weight excluding hydrogens is 519 g/mol. The number of anilines is 4. The lowest BCUT2D eigenvalue weighted by Gasteiger charge is -2.55. The molecule has 3 aliphatic rings. The van der Waals surface area contributed by atoms with Crippen molar-refractivity contribution in [3.8, 4) is 0 Å². The minimum Gasteiger partial charge on any atom is -0.379 e. The van der Waals surface area contributed by atoms with Crippen LogP contribution in [0.15, 0.2) is 24.3 Å². The van der Waals surface area contributed by atoms with Crippen molar-refractivity contribution >= 4 is 40.3 Å². The van der Waals surface area contributed by atoms with E-state index in [1.807, 2.05) is 0 Å². The second-order valence-electron chi connectivity index (χ2n) is 10.2. The van der Waals surface area contributed by atoms with Gasteiger partial charge in [-0.3, -0.25) is 9.11 Å². The van der Waals surface area contributed by atoms with Gasteiger partial charge in [0.2, 0.25) is 5.95 Å². The van der Waals surface area contributed by atoms with Gasteiger partial charge in [-0.25, -0.2) is 0 Å². The molecule has 206 valence electrons. The number of nitrogens with one attached hydrogen (secondary N) is 3. The molecule has 1 aromatic heterocycles. The smallest absolute Gasteiger partial charge is 0.379 e. The standard InChI is InChI=1S/C25H32F3N7O2S/c1-24(35-7-9-37-10-8-35)15-34(16-24)22-20(14-29)21(30-19-4-2-3-17(13-19)25(26,27)28)32-23(33-22)31-18-5-11-38(36)12-6-18/h2-4,13-14,18,29H,5-12,15-16H2,1H3,(H2,30,31,32,33). The van der Waals surface area contributed by atoms with Crippen LogP contribution in [0.2, 0.25) is 0 Å². The zero-order chi connectivity index (χ0) is 26.9. The highest BCUT2D eigenvalue weighted by molar-refractivity contribution is 7.85. The molecule has 3 N–H and O–H groups in total. The number of aromatic nitrogens is 2. The molecule has 38 heavy (non-hydrogen) atoms. The zero-order valence-electron chi connectivity index (χ0n) is 21.2. The summed E-state index contributed by atoms with van der Waals surface area (Å²) in [7, 11) is -0.817. The number of ether oxygens (including phenoxy) is 1. The molecule has 4 heterocycles. The third-order valence-corrected chi connectivity index (χ3v) is 8.76. The van der Waals surface area contributed by atoms with Gasteiger partial charge in [0.05, 0.1) is 29.9 Å². The number of alkyl halides is 3. The van der Waals surface area contributed by atoms with Gasteiger partial charge in [0.1, 0.15) is 11.6 Å². The van der Waals surface area contributed by atoms with Crippen molar-refractivity contribution in [1.29, 1.82) is 5.41 Å². The molecule has 0 aliphatic carbocycles. The highest BCUT2D eigenvalue weighted by Gasteiger charge is 2.45. The molecule has 0 spiro atoms. The number of rotatable bonds is 7. The summed E-state index contributed by atoms with van der Waals surface area (Å²) in [6.07, 6.45) is -1.91. The van der Waals surface area contributed by atoms with Gasteiger partial charge >= 0.3 is 6.18 Å². The van der Waals surface area contributed by atoms with Gasteiger partial charge in [-0.05, 0) is 38.0 Å². The predicted molar refractivity (Wildman–Crippen MR) is 142 cm³/mol. The maximum atomic E-state index is 13.3. The Kier molecular flexibility index (Phi) is 7.60. The summed E-state index contributed by atoms with van der Waals surface area (Å²) in [6.45, 7) is 6.67. The van der Waals surface area contributed by atoms with Gasteiger partial charge in [0.25, 0.3) is 0 Å². The summed E-state index contributed by atoms with van der Waals surface area (Å²) >= 11 is 0. The number of nitrogens with zero attached hydrogens (tertiary/aromatic N) is 4. The average Bonchev–Trinajstić information content (AvgIpc) is 2.88. The van der Waals surface area contributed by atoms with E-state index >= 15 is 0 Å². The van der Waals surface area contributed by atoms with Crippen LogP contribution >= 0.6 is 0 Å². The molecule has 3 saturated heterocycles. The summed E-state index contributed by atoms with van der Waals surface area (Å²) in [5.74, 6) is 2.34. The van der Waals surface area contributed by atoms with Crippen molar-refractivity contribution in [2.75, 3.05) is 66.4 Å². The Morgan fingerprint density at radius 1 is 1.18 bits per heavy atom. The molecule has 5 rings (SSSR count). The monoisotopic (exact) mass is 551 g/mol. The number of hydrogen-bond acceptors (Lipinski definition) is 9. The van der Waals surface area contributed by atoms with E-state index in [4.69, 9.17) is 15.1 Å². The molecular formula is C25H32F3N7O2S. The molecule has 3 aliphatic heterocycles. The van der Waals surface area contributed by atoms with Crippen molar-refractivity contribution in [3.05, 3.63) is 35.4 Å². The van der Waals surface area contributed by atoms with Crippen molar-refractivity contribution < 1.29 is 22.1 Å². The van der Waals surface area contributed by atoms with E-state index in [9.17, 15) is 17.4 Å². The van der Waals surface area contributed by atoms with Crippen LogP contribution < -0.4 is 15.5 Å². The fourth-order valence-electron chi connectivity index (χ4n) is 5.25. The molecule has 0 saturated carbocycles. The Bertz CT molecular complexity index is 1190. The second-order valence-corrected chi connectivity index (χ2v) is 11.9. The fourth-order valence-corrected chi connectivity index (χ4v) is 6.55. The molecule has 3 fully saturated rings. The van der Waals surface area contributed by atoms with Crippen LogP contribution in [0.5, 0.6) is 0 Å². The van der Waals surface area contributed by atoms with E-state index in [2.05, 4.69) is 32.3 Å². The highest BCUT2D eigenvalue weighted by atomic mass is 32.2. The maximum Gasteiger partial charge on any atom is 0.416 e. The van der Waals surface area contributed by atoms with Crippen LogP contribution in [-0.2, 0) is 21.7 Å². The summed E-state index contributed by atoms with van der Waals surface area (Å²) in [6, 6.07) is 4.96. The molecule has 0 atom stereocenters. The Hall–Kier alpha value is -2.77. The topological polar surface area (TPSA) is 106 Å². The number of hydrogen-bond donors (Lipinski definition) is 3. The molecule has 9 nitrogen and oxygen atoms in total. The second kappa shape index (κ2) is 10.8. The molecule has 1 aromatic carbocycles. The van der Waals surface area contributed by atoms with Crippen LogP contribution in [0.4, 0.5) is 36.4 Å². The summed E-state index contributed by atoms with van der Waals surface area (Å²) in [4.78, 5) is 13.8. The largest absolute Gasteiger partial charge is 0.416 e. The SMILES string of the molecule is CC1(N2CCOCC2)CN(c2nc(NC3CCS(=O)CC3)nc(Nc3cccc(C(F)(F)F)c3)c2C=N)C1. The highest BCUT2D eigenvalue weighted by Crippen LogP contribution is 2.37. The van der Waals surface area contributed by atoms with E-state index in [0.29, 0.717) is 68.0 Å². The van der Waals surface area contributed by atoms with Crippen molar-refractivity contribution in [2.24, 2.45) is 0 Å². The van der Waals surface area contributed by atoms with Gasteiger partial charge in [0, 0.05) is 66.4 Å². The molecule has 0 amide bonds. The first-order valence-corrected chi connectivity index (χ1v) is 14.2. The van der Waals surface area contributed by atoms with Gasteiger partial charge in [-0.1, -0.05) is 6.07 Å². The maximum absolute atomic E-state index is 13.3. The van der Waals surface area contributed by atoms with Crippen molar-refractivity contribution in [2.45, 2.75) is 37.5 Å². The number of halogens is 3. The van der Waals surface area contributed by atoms with Crippen LogP contribution in [0, 0.1) is 5.41 Å². The molecule has 0 unspecified atom stereocenters. The van der Waals surface area contributed by atoms with Gasteiger partial charge in [-0.15, -0.1) is 0 Å². The third-order valence-electron chi connectivity index (χ3n) is 7.38. The number of benzene rings is 1. The summed E-state index contributed by atoms with van der Waals surface area (Å²) < 4.78 is 57.2. The van der Waals surface area contributed by atoms with E-state index in [-0.39, 0.29) is 23.1 Å². The average molecular weight is 552 g/mol. The van der Waals surface area contributed by atoms with Crippen LogP contribution in [0.25, 0.3) is 0 Å². The first kappa shape index (κ1) is 26.8. The van der Waals surface area contributed by atoms with E-state index in [0.717, 1.165) is 31.4 Å². The molecule has 13 heteroatoms. The number of morpholine rings is 1. The lowest BCUT2D eigenvalue weighted by molar-refractivity contribution is -0.137. The predicted octanol–water partition coefficient (Wildman–Crippen LogP) is 3.47. The lowest BCUT2D eigenvalue weighted by Crippen LogP contribution is -2.70. The van der Waals surface area contributed by atoms with Gasteiger partial charge in [-0.2, -0.15) is 23.1 Å². The van der Waals surface area contributed by atoms with E-state index in [1.165, 1.54) is 12.1 Å². The normalized spacial score (nSPS) is 23.9. The van der Waals surface area contributed by atoms with E-state index < -0.39 is 22.5 Å². The minimum atomic E-state index is -4.48. The summed E-state index contributed by atoms with van der Waals surface area (Å²) in [5.41, 5.74) is -0.218. The lowest BCUT2D eigenvalue weighted by atomic mass is 9.89. The van der Waals surface area contributed by atoms with E-state index in [1.54, 1.807) is 0 Å². The molecule has 0 bridgehead atoms. The Morgan fingerprint density at radius 3 is 2.55 bits per heavy atom. The van der Waals surface area contributed by atoms with Crippen LogP contribution in [0.1, 0.15) is 30.9 Å². The molecule has 0 radical (unpaired) electrons. The third kappa shape index (κ3) is 5.79. The first-order chi connectivity index (χ1) is 18.1. The minimum absolute atomic E-state index is 0.0443. The fraction of sp³-hybridized carbons (Fsp3) is 0.560. The molecule has 2 aromatic rings. The van der Waals surface area contributed by atoms with Gasteiger partial charge < -0.3 is 25.7 Å². The summed E-state index contributed by atoms with van der Waals surface area (Å²) in [5, 5.41) is 14.5. The Morgan fingerprint density at radius 2 is 1.89 bits per heavy atom.